The maximum absolute atomic E-state index is 12.6. The minimum Gasteiger partial charge on any atom is -0.454 e. The number of hydrogen-bond donors (Lipinski definition) is 1. The molecule has 0 atom stereocenters. The number of piperazine rings is 1. The van der Waals surface area contributed by atoms with E-state index in [1.54, 1.807) is 23.6 Å². The summed E-state index contributed by atoms with van der Waals surface area (Å²) < 4.78 is 10.5. The summed E-state index contributed by atoms with van der Waals surface area (Å²) in [5.41, 5.74) is 0.809. The number of ether oxygens (including phenoxy) is 2. The van der Waals surface area contributed by atoms with Gasteiger partial charge in [0.1, 0.15) is 5.69 Å². The van der Waals surface area contributed by atoms with E-state index in [0.29, 0.717) is 41.0 Å². The molecule has 0 aliphatic carbocycles. The zero-order chi connectivity index (χ0) is 18.8. The Morgan fingerprint density at radius 1 is 1.19 bits per heavy atom. The number of nitrogens with one attached hydrogen (secondary N) is 1. The van der Waals surface area contributed by atoms with Gasteiger partial charge in [0.25, 0.3) is 11.8 Å². The number of hydrogen-bond acceptors (Lipinski definition) is 7. The fourth-order valence-electron chi connectivity index (χ4n) is 3.07. The van der Waals surface area contributed by atoms with Gasteiger partial charge >= 0.3 is 0 Å². The van der Waals surface area contributed by atoms with E-state index in [2.05, 4.69) is 22.1 Å². The summed E-state index contributed by atoms with van der Waals surface area (Å²) in [6.45, 7) is 6.42. The lowest BCUT2D eigenvalue weighted by atomic mass is 10.2. The van der Waals surface area contributed by atoms with Crippen LogP contribution in [-0.4, -0.2) is 66.1 Å². The molecule has 4 rings (SSSR count). The van der Waals surface area contributed by atoms with Crippen molar-refractivity contribution >= 4 is 28.3 Å². The quantitative estimate of drug-likeness (QED) is 0.861. The van der Waals surface area contributed by atoms with Crippen LogP contribution in [0.1, 0.15) is 27.8 Å². The van der Waals surface area contributed by atoms with E-state index in [1.807, 2.05) is 4.90 Å². The molecule has 2 aliphatic heterocycles. The monoisotopic (exact) mass is 388 g/mol. The Labute approximate surface area is 160 Å². The van der Waals surface area contributed by atoms with Crippen LogP contribution in [0.3, 0.4) is 0 Å². The minimum absolute atomic E-state index is 0.0921. The van der Waals surface area contributed by atoms with Gasteiger partial charge in [0.15, 0.2) is 16.6 Å². The van der Waals surface area contributed by atoms with Gasteiger partial charge in [-0.05, 0) is 24.7 Å². The Balaban J connectivity index is 1.39. The van der Waals surface area contributed by atoms with E-state index in [-0.39, 0.29) is 18.6 Å². The number of aromatic nitrogens is 1. The summed E-state index contributed by atoms with van der Waals surface area (Å²) in [5.74, 6) is 0.768. The molecule has 0 radical (unpaired) electrons. The second kappa shape index (κ2) is 7.53. The van der Waals surface area contributed by atoms with Crippen LogP contribution < -0.4 is 14.8 Å². The van der Waals surface area contributed by atoms with Gasteiger partial charge < -0.3 is 19.3 Å². The summed E-state index contributed by atoms with van der Waals surface area (Å²) in [7, 11) is 0. The van der Waals surface area contributed by atoms with Crippen LogP contribution >= 0.6 is 11.3 Å². The largest absolute Gasteiger partial charge is 0.454 e. The highest BCUT2D eigenvalue weighted by Crippen LogP contribution is 2.32. The number of thiazole rings is 1. The first-order valence-corrected chi connectivity index (χ1v) is 9.70. The van der Waals surface area contributed by atoms with Crippen LogP contribution in [0.15, 0.2) is 23.6 Å². The van der Waals surface area contributed by atoms with Gasteiger partial charge in [0.05, 0.1) is 0 Å². The molecule has 2 amide bonds. The maximum Gasteiger partial charge on any atom is 0.273 e. The van der Waals surface area contributed by atoms with Crippen molar-refractivity contribution in [2.75, 3.05) is 44.8 Å². The van der Waals surface area contributed by atoms with Gasteiger partial charge in [-0.15, -0.1) is 11.3 Å². The fourth-order valence-corrected chi connectivity index (χ4v) is 3.75. The van der Waals surface area contributed by atoms with Gasteiger partial charge in [-0.1, -0.05) is 6.92 Å². The molecule has 142 valence electrons. The summed E-state index contributed by atoms with van der Waals surface area (Å²) in [6.07, 6.45) is 0. The van der Waals surface area contributed by atoms with Crippen LogP contribution in [0.5, 0.6) is 11.5 Å². The molecule has 1 fully saturated rings. The van der Waals surface area contributed by atoms with Crippen LogP contribution in [0.2, 0.25) is 0 Å². The third kappa shape index (κ3) is 3.74. The van der Waals surface area contributed by atoms with Gasteiger partial charge in [-0.2, -0.15) is 0 Å². The smallest absolute Gasteiger partial charge is 0.273 e. The molecule has 0 unspecified atom stereocenters. The minimum atomic E-state index is -0.307. The van der Waals surface area contributed by atoms with Crippen LogP contribution in [0, 0.1) is 0 Å². The summed E-state index contributed by atoms with van der Waals surface area (Å²) in [4.78, 5) is 33.4. The van der Waals surface area contributed by atoms with Crippen molar-refractivity contribution in [3.05, 3.63) is 34.8 Å². The van der Waals surface area contributed by atoms with Crippen molar-refractivity contribution in [2.24, 2.45) is 0 Å². The third-order valence-corrected chi connectivity index (χ3v) is 5.44. The number of amides is 2. The van der Waals surface area contributed by atoms with E-state index < -0.39 is 0 Å². The molecule has 1 saturated heterocycles. The first kappa shape index (κ1) is 17.7. The molecule has 9 heteroatoms. The molecule has 3 heterocycles. The standard InChI is InChI=1S/C18H20N4O4S/c1-2-21-5-7-22(8-6-21)17(24)13-10-27-18(19-13)20-16(23)12-3-4-14-15(9-12)26-11-25-14/h3-4,9-10H,2,5-8,11H2,1H3,(H,19,20,23). The highest BCUT2D eigenvalue weighted by molar-refractivity contribution is 7.14. The molecule has 27 heavy (non-hydrogen) atoms. The van der Waals surface area contributed by atoms with E-state index in [4.69, 9.17) is 9.47 Å². The molecule has 1 aromatic carbocycles. The third-order valence-electron chi connectivity index (χ3n) is 4.69. The average Bonchev–Trinajstić information content (AvgIpc) is 3.36. The van der Waals surface area contributed by atoms with Gasteiger partial charge in [-0.25, -0.2) is 4.98 Å². The molecule has 0 spiro atoms. The number of nitrogens with zero attached hydrogens (tertiary/aromatic N) is 3. The predicted octanol–water partition coefficient (Wildman–Crippen LogP) is 1.90. The van der Waals surface area contributed by atoms with Crippen molar-refractivity contribution in [3.63, 3.8) is 0 Å². The molecule has 2 aliphatic rings. The topological polar surface area (TPSA) is 84.0 Å². The predicted molar refractivity (Wildman–Crippen MR) is 101 cm³/mol. The second-order valence-electron chi connectivity index (χ2n) is 6.29. The number of carbonyl (C=O) groups excluding carboxylic acids is 2. The summed E-state index contributed by atoms with van der Waals surface area (Å²) >= 11 is 1.24. The summed E-state index contributed by atoms with van der Waals surface area (Å²) in [6, 6.07) is 4.99. The molecule has 0 bridgehead atoms. The Morgan fingerprint density at radius 2 is 1.96 bits per heavy atom. The lowest BCUT2D eigenvalue weighted by molar-refractivity contribution is 0.0638. The van der Waals surface area contributed by atoms with Gasteiger partial charge in [0.2, 0.25) is 6.79 Å². The Morgan fingerprint density at radius 3 is 2.74 bits per heavy atom. The number of anilines is 1. The number of benzene rings is 1. The van der Waals surface area contributed by atoms with Crippen LogP contribution in [-0.2, 0) is 0 Å². The summed E-state index contributed by atoms with van der Waals surface area (Å²) in [5, 5.41) is 4.82. The van der Waals surface area contributed by atoms with E-state index in [1.165, 1.54) is 11.3 Å². The molecule has 2 aromatic rings. The zero-order valence-corrected chi connectivity index (χ0v) is 15.8. The number of carbonyl (C=O) groups is 2. The van der Waals surface area contributed by atoms with Crippen molar-refractivity contribution in [2.45, 2.75) is 6.92 Å². The number of rotatable bonds is 4. The SMILES string of the molecule is CCN1CCN(C(=O)c2csc(NC(=O)c3ccc4c(c3)OCO4)n2)CC1. The Bertz CT molecular complexity index is 861. The van der Waals surface area contributed by atoms with E-state index in [0.717, 1.165) is 19.6 Å². The lowest BCUT2D eigenvalue weighted by Crippen LogP contribution is -2.48. The first-order valence-electron chi connectivity index (χ1n) is 8.82. The van der Waals surface area contributed by atoms with Crippen LogP contribution in [0.25, 0.3) is 0 Å². The van der Waals surface area contributed by atoms with E-state index in [9.17, 15) is 9.59 Å². The van der Waals surface area contributed by atoms with Gasteiger partial charge in [-0.3, -0.25) is 14.9 Å². The van der Waals surface area contributed by atoms with Crippen molar-refractivity contribution < 1.29 is 19.1 Å². The first-order chi connectivity index (χ1) is 13.1. The van der Waals surface area contributed by atoms with E-state index >= 15 is 0 Å². The highest BCUT2D eigenvalue weighted by Gasteiger charge is 2.24. The van der Waals surface area contributed by atoms with Gasteiger partial charge in [0, 0.05) is 37.1 Å². The molecule has 1 N–H and O–H groups in total. The fraction of sp³-hybridized carbons (Fsp3) is 0.389. The second-order valence-corrected chi connectivity index (χ2v) is 7.14. The van der Waals surface area contributed by atoms with Crippen molar-refractivity contribution in [3.8, 4) is 11.5 Å². The van der Waals surface area contributed by atoms with Crippen LogP contribution in [0.4, 0.5) is 5.13 Å². The molecular formula is C18H20N4O4S. The number of fused-ring (bicyclic) bond motifs is 1. The maximum atomic E-state index is 12.6. The van der Waals surface area contributed by atoms with Crippen molar-refractivity contribution in [1.29, 1.82) is 0 Å². The number of likely N-dealkylation sites (N-methyl/N-ethyl adjacent to an activating group) is 1. The molecule has 0 saturated carbocycles. The lowest BCUT2D eigenvalue weighted by Gasteiger charge is -2.33. The normalized spacial score (nSPS) is 16.4. The zero-order valence-electron chi connectivity index (χ0n) is 14.9. The molecule has 1 aromatic heterocycles. The Kier molecular flexibility index (Phi) is 4.95. The Hall–Kier alpha value is -2.65. The molecular weight excluding hydrogens is 368 g/mol. The molecule has 8 nitrogen and oxygen atoms in total. The highest BCUT2D eigenvalue weighted by atomic mass is 32.1. The average molecular weight is 388 g/mol. The van der Waals surface area contributed by atoms with Crippen molar-refractivity contribution in [1.82, 2.24) is 14.8 Å².